The number of hydrogen-bond acceptors (Lipinski definition) is 3. The van der Waals surface area contributed by atoms with Gasteiger partial charge in [0.05, 0.1) is 6.10 Å². The number of nitrogens with one attached hydrogen (secondary N) is 2. The molecule has 0 aromatic heterocycles. The molecule has 6 nitrogen and oxygen atoms in total. The first-order valence-electron chi connectivity index (χ1n) is 8.67. The molecule has 2 atom stereocenters. The Morgan fingerprint density at radius 3 is 3.08 bits per heavy atom. The first kappa shape index (κ1) is 17.7. The average Bonchev–Trinajstić information content (AvgIpc) is 2.95. The number of amides is 1. The van der Waals surface area contributed by atoms with Crippen LogP contribution in [-0.4, -0.2) is 55.1 Å². The minimum absolute atomic E-state index is 0.0197. The molecule has 1 spiro atoms. The largest absolute Gasteiger partial charge is 0.387 e. The molecule has 7 heteroatoms. The number of piperidine rings is 1. The number of hydrogen-bond donors (Lipinski definition) is 3. The van der Waals surface area contributed by atoms with Crippen molar-refractivity contribution >= 4 is 11.9 Å². The van der Waals surface area contributed by atoms with Gasteiger partial charge in [-0.2, -0.15) is 0 Å². The molecule has 2 saturated heterocycles. The summed E-state index contributed by atoms with van der Waals surface area (Å²) in [6.07, 6.45) is 1.78. The number of carbonyl (C=O) groups excluding carboxylic acids is 1. The number of rotatable bonds is 3. The zero-order chi connectivity index (χ0) is 17.9. The summed E-state index contributed by atoms with van der Waals surface area (Å²) in [6.45, 7) is 2.59. The highest BCUT2D eigenvalue weighted by molar-refractivity contribution is 5.81. The van der Waals surface area contributed by atoms with E-state index in [0.717, 1.165) is 25.9 Å². The SMILES string of the molecule is CN=C(NCC(O)c1cccc(F)c1)N1CCCC2(CNC(=O)C2)C1. The molecule has 1 aromatic rings. The van der Waals surface area contributed by atoms with Gasteiger partial charge >= 0.3 is 0 Å². The van der Waals surface area contributed by atoms with E-state index in [4.69, 9.17) is 0 Å². The zero-order valence-corrected chi connectivity index (χ0v) is 14.5. The Hall–Kier alpha value is -2.15. The zero-order valence-electron chi connectivity index (χ0n) is 14.5. The predicted octanol–water partition coefficient (Wildman–Crippen LogP) is 1.04. The van der Waals surface area contributed by atoms with Crippen LogP contribution in [0.3, 0.4) is 0 Å². The van der Waals surface area contributed by atoms with Crippen molar-refractivity contribution < 1.29 is 14.3 Å². The van der Waals surface area contributed by atoms with Gasteiger partial charge in [-0.1, -0.05) is 12.1 Å². The van der Waals surface area contributed by atoms with Crippen molar-refractivity contribution in [2.24, 2.45) is 10.4 Å². The predicted molar refractivity (Wildman–Crippen MR) is 93.6 cm³/mol. The minimum Gasteiger partial charge on any atom is -0.387 e. The maximum Gasteiger partial charge on any atom is 0.220 e. The smallest absolute Gasteiger partial charge is 0.220 e. The van der Waals surface area contributed by atoms with Crippen molar-refractivity contribution in [3.63, 3.8) is 0 Å². The Morgan fingerprint density at radius 1 is 1.56 bits per heavy atom. The molecule has 0 aliphatic carbocycles. The van der Waals surface area contributed by atoms with Gasteiger partial charge < -0.3 is 20.6 Å². The summed E-state index contributed by atoms with van der Waals surface area (Å²) >= 11 is 0. The topological polar surface area (TPSA) is 77.0 Å². The van der Waals surface area contributed by atoms with E-state index in [0.29, 0.717) is 24.5 Å². The van der Waals surface area contributed by atoms with E-state index in [-0.39, 0.29) is 23.7 Å². The van der Waals surface area contributed by atoms with E-state index in [1.54, 1.807) is 19.2 Å². The lowest BCUT2D eigenvalue weighted by atomic mass is 9.79. The molecule has 0 radical (unpaired) electrons. The number of aliphatic hydroxyl groups excluding tert-OH is 1. The maximum absolute atomic E-state index is 13.3. The molecule has 1 amide bonds. The van der Waals surface area contributed by atoms with Crippen molar-refractivity contribution in [1.82, 2.24) is 15.5 Å². The standard InChI is InChI=1S/C18H25FN4O2/c1-20-17(21-10-15(24)13-4-2-5-14(19)8-13)23-7-3-6-18(12-23)9-16(25)22-11-18/h2,4-5,8,15,24H,3,6-7,9-12H2,1H3,(H,20,21)(H,22,25). The second-order valence-corrected chi connectivity index (χ2v) is 6.98. The highest BCUT2D eigenvalue weighted by Gasteiger charge is 2.42. The van der Waals surface area contributed by atoms with Gasteiger partial charge in [0.1, 0.15) is 5.82 Å². The van der Waals surface area contributed by atoms with E-state index < -0.39 is 6.10 Å². The Kier molecular flexibility index (Phi) is 5.22. The van der Waals surface area contributed by atoms with Gasteiger partial charge in [-0.25, -0.2) is 4.39 Å². The Morgan fingerprint density at radius 2 is 2.40 bits per heavy atom. The summed E-state index contributed by atoms with van der Waals surface area (Å²) in [7, 11) is 1.70. The second-order valence-electron chi connectivity index (χ2n) is 6.98. The van der Waals surface area contributed by atoms with Crippen molar-refractivity contribution in [2.45, 2.75) is 25.4 Å². The molecule has 2 aliphatic rings. The van der Waals surface area contributed by atoms with Gasteiger partial charge in [-0.15, -0.1) is 0 Å². The summed E-state index contributed by atoms with van der Waals surface area (Å²) in [5, 5.41) is 16.4. The molecule has 3 rings (SSSR count). The van der Waals surface area contributed by atoms with Crippen molar-refractivity contribution in [3.8, 4) is 0 Å². The molecular formula is C18H25FN4O2. The molecule has 136 valence electrons. The number of aliphatic hydroxyl groups is 1. The Bertz CT molecular complexity index is 666. The quantitative estimate of drug-likeness (QED) is 0.563. The third kappa shape index (κ3) is 4.10. The van der Waals surface area contributed by atoms with Gasteiger partial charge in [0.2, 0.25) is 5.91 Å². The molecule has 2 unspecified atom stereocenters. The lowest BCUT2D eigenvalue weighted by molar-refractivity contribution is -0.119. The van der Waals surface area contributed by atoms with Crippen LogP contribution in [0.1, 0.15) is 30.9 Å². The lowest BCUT2D eigenvalue weighted by Gasteiger charge is -2.40. The number of nitrogens with zero attached hydrogens (tertiary/aromatic N) is 2. The summed E-state index contributed by atoms with van der Waals surface area (Å²) in [5.41, 5.74) is 0.511. The van der Waals surface area contributed by atoms with E-state index in [1.165, 1.54) is 12.1 Å². The Labute approximate surface area is 147 Å². The normalized spacial score (nSPS) is 25.2. The van der Waals surface area contributed by atoms with Crippen LogP contribution in [0.2, 0.25) is 0 Å². The van der Waals surface area contributed by atoms with Crippen LogP contribution in [0.4, 0.5) is 4.39 Å². The number of halogens is 1. The number of benzene rings is 1. The first-order valence-corrected chi connectivity index (χ1v) is 8.67. The number of guanidine groups is 1. The van der Waals surface area contributed by atoms with Gasteiger partial charge in [-0.3, -0.25) is 9.79 Å². The molecule has 2 aliphatic heterocycles. The molecule has 2 fully saturated rings. The molecule has 0 bridgehead atoms. The van der Waals surface area contributed by atoms with E-state index >= 15 is 0 Å². The van der Waals surface area contributed by atoms with Gasteiger partial charge in [0, 0.05) is 45.1 Å². The summed E-state index contributed by atoms with van der Waals surface area (Å²) in [4.78, 5) is 18.1. The number of carbonyl (C=O) groups is 1. The lowest BCUT2D eigenvalue weighted by Crippen LogP contribution is -2.51. The fraction of sp³-hybridized carbons (Fsp3) is 0.556. The fourth-order valence-electron chi connectivity index (χ4n) is 3.78. The van der Waals surface area contributed by atoms with Gasteiger partial charge in [-0.05, 0) is 30.5 Å². The number of aliphatic imine (C=N–C) groups is 1. The van der Waals surface area contributed by atoms with Crippen LogP contribution < -0.4 is 10.6 Å². The van der Waals surface area contributed by atoms with E-state index in [9.17, 15) is 14.3 Å². The highest BCUT2D eigenvalue weighted by Crippen LogP contribution is 2.36. The molecule has 1 aromatic carbocycles. The van der Waals surface area contributed by atoms with E-state index in [2.05, 4.69) is 20.5 Å². The fourth-order valence-corrected chi connectivity index (χ4v) is 3.78. The number of likely N-dealkylation sites (tertiary alicyclic amines) is 1. The first-order chi connectivity index (χ1) is 12.0. The summed E-state index contributed by atoms with van der Waals surface area (Å²) in [6, 6.07) is 5.97. The third-order valence-corrected chi connectivity index (χ3v) is 5.06. The second kappa shape index (κ2) is 7.39. The van der Waals surface area contributed by atoms with Crippen molar-refractivity contribution in [2.75, 3.05) is 33.2 Å². The van der Waals surface area contributed by atoms with Crippen molar-refractivity contribution in [1.29, 1.82) is 0 Å². The minimum atomic E-state index is -0.819. The van der Waals surface area contributed by atoms with Crippen molar-refractivity contribution in [3.05, 3.63) is 35.6 Å². The van der Waals surface area contributed by atoms with Gasteiger partial charge in [0.15, 0.2) is 5.96 Å². The van der Waals surface area contributed by atoms with Crippen LogP contribution in [-0.2, 0) is 4.79 Å². The average molecular weight is 348 g/mol. The third-order valence-electron chi connectivity index (χ3n) is 5.06. The van der Waals surface area contributed by atoms with Crippen LogP contribution in [0.5, 0.6) is 0 Å². The monoisotopic (exact) mass is 348 g/mol. The van der Waals surface area contributed by atoms with Crippen LogP contribution in [0, 0.1) is 11.2 Å². The molecule has 0 saturated carbocycles. The maximum atomic E-state index is 13.3. The molecule has 2 heterocycles. The summed E-state index contributed by atoms with van der Waals surface area (Å²) < 4.78 is 13.3. The highest BCUT2D eigenvalue weighted by atomic mass is 19.1. The van der Waals surface area contributed by atoms with Crippen LogP contribution in [0.15, 0.2) is 29.3 Å². The molecular weight excluding hydrogens is 323 g/mol. The van der Waals surface area contributed by atoms with Crippen LogP contribution >= 0.6 is 0 Å². The summed E-state index contributed by atoms with van der Waals surface area (Å²) in [5.74, 6) is 0.456. The van der Waals surface area contributed by atoms with Gasteiger partial charge in [0.25, 0.3) is 0 Å². The molecule has 3 N–H and O–H groups in total. The van der Waals surface area contributed by atoms with Crippen LogP contribution in [0.25, 0.3) is 0 Å². The van der Waals surface area contributed by atoms with E-state index in [1.807, 2.05) is 0 Å². The molecule has 25 heavy (non-hydrogen) atoms. The Balaban J connectivity index is 1.60.